The number of aromatic nitrogens is 1. The average Bonchev–Trinajstić information content (AvgIpc) is 2.97. The molecule has 0 bridgehead atoms. The predicted octanol–water partition coefficient (Wildman–Crippen LogP) is 4.80. The molecular formula is C22H24N2O. The Balaban J connectivity index is 1.51. The molecule has 0 radical (unpaired) electrons. The van der Waals surface area contributed by atoms with E-state index in [1.54, 1.807) is 0 Å². The van der Waals surface area contributed by atoms with Crippen LogP contribution in [-0.4, -0.2) is 28.9 Å². The fraction of sp³-hybridized carbons (Fsp3) is 0.318. The minimum atomic E-state index is 0.165. The number of hydrogen-bond acceptors (Lipinski definition) is 1. The molecule has 1 aromatic heterocycles. The van der Waals surface area contributed by atoms with Gasteiger partial charge >= 0.3 is 0 Å². The van der Waals surface area contributed by atoms with Crippen molar-refractivity contribution in [3.05, 3.63) is 70.9 Å². The summed E-state index contributed by atoms with van der Waals surface area (Å²) in [6.45, 7) is 5.86. The van der Waals surface area contributed by atoms with Gasteiger partial charge in [0.15, 0.2) is 0 Å². The first-order valence-corrected chi connectivity index (χ1v) is 9.06. The van der Waals surface area contributed by atoms with Gasteiger partial charge in [-0.25, -0.2) is 0 Å². The summed E-state index contributed by atoms with van der Waals surface area (Å²) >= 11 is 0. The van der Waals surface area contributed by atoms with E-state index < -0.39 is 0 Å². The molecule has 1 amide bonds. The monoisotopic (exact) mass is 332 g/mol. The van der Waals surface area contributed by atoms with Gasteiger partial charge < -0.3 is 9.88 Å². The number of benzene rings is 2. The standard InChI is InChI=1S/C22H24N2O/c1-15-6-5-7-18(14-15)22(25)24-12-10-17(11-13-24)21-16(2)23-20-9-4-3-8-19(20)21/h3-9,14,17,23H,10-13H2,1-2H3. The zero-order valence-electron chi connectivity index (χ0n) is 14.9. The van der Waals surface area contributed by atoms with E-state index in [0.717, 1.165) is 37.1 Å². The maximum absolute atomic E-state index is 12.7. The van der Waals surface area contributed by atoms with E-state index in [4.69, 9.17) is 0 Å². The third-order valence-corrected chi connectivity index (χ3v) is 5.40. The highest BCUT2D eigenvalue weighted by Crippen LogP contribution is 2.35. The zero-order chi connectivity index (χ0) is 17.4. The van der Waals surface area contributed by atoms with Gasteiger partial charge in [0, 0.05) is 35.2 Å². The number of aromatic amines is 1. The Morgan fingerprint density at radius 3 is 2.56 bits per heavy atom. The summed E-state index contributed by atoms with van der Waals surface area (Å²) in [4.78, 5) is 18.3. The molecule has 1 aliphatic heterocycles. The fourth-order valence-electron chi connectivity index (χ4n) is 4.16. The van der Waals surface area contributed by atoms with Crippen LogP contribution in [0.15, 0.2) is 48.5 Å². The SMILES string of the molecule is Cc1cccc(C(=O)N2CCC(c3c(C)[nH]c4ccccc34)CC2)c1. The topological polar surface area (TPSA) is 36.1 Å². The number of nitrogens with zero attached hydrogens (tertiary/aromatic N) is 1. The van der Waals surface area contributed by atoms with E-state index in [-0.39, 0.29) is 5.91 Å². The molecule has 3 aromatic rings. The number of H-pyrrole nitrogens is 1. The summed E-state index contributed by atoms with van der Waals surface area (Å²) in [7, 11) is 0. The first kappa shape index (κ1) is 15.9. The zero-order valence-corrected chi connectivity index (χ0v) is 14.9. The Bertz CT molecular complexity index is 917. The van der Waals surface area contributed by atoms with E-state index in [0.29, 0.717) is 5.92 Å². The number of likely N-dealkylation sites (tertiary alicyclic amines) is 1. The van der Waals surface area contributed by atoms with E-state index in [2.05, 4.69) is 36.2 Å². The summed E-state index contributed by atoms with van der Waals surface area (Å²) in [5.74, 6) is 0.690. The van der Waals surface area contributed by atoms with Crippen molar-refractivity contribution in [2.75, 3.05) is 13.1 Å². The molecule has 0 unspecified atom stereocenters. The molecule has 1 aliphatic rings. The molecular weight excluding hydrogens is 308 g/mol. The third-order valence-electron chi connectivity index (χ3n) is 5.40. The van der Waals surface area contributed by atoms with Crippen LogP contribution in [0.3, 0.4) is 0 Å². The van der Waals surface area contributed by atoms with Crippen LogP contribution in [0.5, 0.6) is 0 Å². The Morgan fingerprint density at radius 2 is 1.80 bits per heavy atom. The molecule has 1 N–H and O–H groups in total. The van der Waals surface area contributed by atoms with Crippen molar-refractivity contribution < 1.29 is 4.79 Å². The number of fused-ring (bicyclic) bond motifs is 1. The van der Waals surface area contributed by atoms with Crippen molar-refractivity contribution in [2.45, 2.75) is 32.6 Å². The van der Waals surface area contributed by atoms with Crippen LogP contribution in [0.4, 0.5) is 0 Å². The average molecular weight is 332 g/mol. The molecule has 3 nitrogen and oxygen atoms in total. The maximum atomic E-state index is 12.7. The van der Waals surface area contributed by atoms with Crippen LogP contribution in [-0.2, 0) is 0 Å². The molecule has 4 rings (SSSR count). The second kappa shape index (κ2) is 6.40. The number of hydrogen-bond donors (Lipinski definition) is 1. The quantitative estimate of drug-likeness (QED) is 0.718. The Labute approximate surface area is 148 Å². The largest absolute Gasteiger partial charge is 0.358 e. The van der Waals surface area contributed by atoms with Crippen molar-refractivity contribution >= 4 is 16.8 Å². The molecule has 3 heteroatoms. The van der Waals surface area contributed by atoms with Crippen molar-refractivity contribution in [1.82, 2.24) is 9.88 Å². The van der Waals surface area contributed by atoms with Crippen LogP contribution < -0.4 is 0 Å². The molecule has 0 atom stereocenters. The van der Waals surface area contributed by atoms with Crippen molar-refractivity contribution in [1.29, 1.82) is 0 Å². The molecule has 1 fully saturated rings. The number of aryl methyl sites for hydroxylation is 2. The highest BCUT2D eigenvalue weighted by Gasteiger charge is 2.27. The molecule has 1 saturated heterocycles. The lowest BCUT2D eigenvalue weighted by molar-refractivity contribution is 0.0713. The van der Waals surface area contributed by atoms with Gasteiger partial charge in [-0.05, 0) is 56.4 Å². The van der Waals surface area contributed by atoms with Gasteiger partial charge in [0.2, 0.25) is 0 Å². The molecule has 25 heavy (non-hydrogen) atoms. The predicted molar refractivity (Wildman–Crippen MR) is 102 cm³/mol. The van der Waals surface area contributed by atoms with Crippen LogP contribution in [0.25, 0.3) is 10.9 Å². The lowest BCUT2D eigenvalue weighted by Gasteiger charge is -2.32. The summed E-state index contributed by atoms with van der Waals surface area (Å²) in [5.41, 5.74) is 5.87. The van der Waals surface area contributed by atoms with Gasteiger partial charge in [-0.15, -0.1) is 0 Å². The number of piperidine rings is 1. The summed E-state index contributed by atoms with van der Waals surface area (Å²) in [6.07, 6.45) is 2.06. The fourth-order valence-corrected chi connectivity index (χ4v) is 4.16. The van der Waals surface area contributed by atoms with Crippen molar-refractivity contribution in [3.63, 3.8) is 0 Å². The minimum Gasteiger partial charge on any atom is -0.358 e. The summed E-state index contributed by atoms with van der Waals surface area (Å²) in [5, 5.41) is 1.34. The normalized spacial score (nSPS) is 15.7. The first-order valence-electron chi connectivity index (χ1n) is 9.06. The van der Waals surface area contributed by atoms with Crippen LogP contribution >= 0.6 is 0 Å². The maximum Gasteiger partial charge on any atom is 0.253 e. The van der Waals surface area contributed by atoms with Gasteiger partial charge in [0.1, 0.15) is 0 Å². The number of nitrogens with one attached hydrogen (secondary N) is 1. The minimum absolute atomic E-state index is 0.165. The van der Waals surface area contributed by atoms with E-state index in [1.165, 1.54) is 22.2 Å². The van der Waals surface area contributed by atoms with Crippen LogP contribution in [0, 0.1) is 13.8 Å². The van der Waals surface area contributed by atoms with Gasteiger partial charge in [0.05, 0.1) is 0 Å². The first-order chi connectivity index (χ1) is 12.1. The van der Waals surface area contributed by atoms with Gasteiger partial charge in [-0.3, -0.25) is 4.79 Å². The number of rotatable bonds is 2. The van der Waals surface area contributed by atoms with Gasteiger partial charge in [-0.1, -0.05) is 35.9 Å². The molecule has 0 spiro atoms. The summed E-state index contributed by atoms with van der Waals surface area (Å²) < 4.78 is 0. The van der Waals surface area contributed by atoms with Crippen LogP contribution in [0.2, 0.25) is 0 Å². The smallest absolute Gasteiger partial charge is 0.253 e. The molecule has 128 valence electrons. The molecule has 0 saturated carbocycles. The second-order valence-electron chi connectivity index (χ2n) is 7.15. The number of carbonyl (C=O) groups is 1. The van der Waals surface area contributed by atoms with Crippen molar-refractivity contribution in [3.8, 4) is 0 Å². The lowest BCUT2D eigenvalue weighted by atomic mass is 9.87. The number of amides is 1. The molecule has 0 aliphatic carbocycles. The van der Waals surface area contributed by atoms with E-state index in [9.17, 15) is 4.79 Å². The second-order valence-corrected chi connectivity index (χ2v) is 7.15. The van der Waals surface area contributed by atoms with Crippen molar-refractivity contribution in [2.24, 2.45) is 0 Å². The highest BCUT2D eigenvalue weighted by molar-refractivity contribution is 5.94. The third kappa shape index (κ3) is 2.95. The molecule has 2 heterocycles. The van der Waals surface area contributed by atoms with Crippen LogP contribution in [0.1, 0.15) is 45.9 Å². The Kier molecular flexibility index (Phi) is 4.08. The number of para-hydroxylation sites is 1. The van der Waals surface area contributed by atoms with Gasteiger partial charge in [0.25, 0.3) is 5.91 Å². The van der Waals surface area contributed by atoms with E-state index >= 15 is 0 Å². The number of carbonyl (C=O) groups excluding carboxylic acids is 1. The Hall–Kier alpha value is -2.55. The molecule has 2 aromatic carbocycles. The Morgan fingerprint density at radius 1 is 1.04 bits per heavy atom. The lowest BCUT2D eigenvalue weighted by Crippen LogP contribution is -2.38. The van der Waals surface area contributed by atoms with E-state index in [1.807, 2.05) is 36.1 Å². The summed E-state index contributed by atoms with van der Waals surface area (Å²) in [6, 6.07) is 16.4. The highest BCUT2D eigenvalue weighted by atomic mass is 16.2. The van der Waals surface area contributed by atoms with Gasteiger partial charge in [-0.2, -0.15) is 0 Å².